The number of halogens is 1. The molecule has 0 atom stereocenters. The van der Waals surface area contributed by atoms with E-state index < -0.39 is 0 Å². The lowest BCUT2D eigenvalue weighted by Gasteiger charge is -2.27. The molecule has 76 valence electrons. The summed E-state index contributed by atoms with van der Waals surface area (Å²) in [6.45, 7) is 0.651. The summed E-state index contributed by atoms with van der Waals surface area (Å²) in [5, 5.41) is 3.30. The highest BCUT2D eigenvalue weighted by Gasteiger charge is 2.19. The van der Waals surface area contributed by atoms with Crippen LogP contribution in [0.2, 0.25) is 0 Å². The van der Waals surface area contributed by atoms with Gasteiger partial charge in [-0.05, 0) is 38.8 Å². The van der Waals surface area contributed by atoms with Crippen molar-refractivity contribution in [3.63, 3.8) is 0 Å². The predicted octanol–water partition coefficient (Wildman–Crippen LogP) is 2.29. The zero-order valence-corrected chi connectivity index (χ0v) is 8.89. The van der Waals surface area contributed by atoms with E-state index in [1.165, 1.54) is 31.2 Å². The van der Waals surface area contributed by atoms with Crippen LogP contribution in [0.4, 0.5) is 0 Å². The van der Waals surface area contributed by atoms with Crippen LogP contribution in [-0.2, 0) is 4.74 Å². The van der Waals surface area contributed by atoms with Gasteiger partial charge in [-0.2, -0.15) is 0 Å². The molecule has 0 saturated heterocycles. The van der Waals surface area contributed by atoms with Gasteiger partial charge in [0.2, 0.25) is 0 Å². The molecular weight excluding hydrogens is 186 g/mol. The molecule has 0 aliphatic heterocycles. The van der Waals surface area contributed by atoms with Crippen molar-refractivity contribution in [1.82, 2.24) is 5.32 Å². The second kappa shape index (κ2) is 6.41. The molecule has 1 N–H and O–H groups in total. The topological polar surface area (TPSA) is 21.3 Å². The van der Waals surface area contributed by atoms with Crippen LogP contribution in [-0.4, -0.2) is 25.8 Å². The average molecular weight is 204 g/mol. The quantitative estimate of drug-likeness (QED) is 0.757. The van der Waals surface area contributed by atoms with Gasteiger partial charge in [0, 0.05) is 11.6 Å². The fourth-order valence-electron chi connectivity index (χ4n) is 1.75. The van der Waals surface area contributed by atoms with E-state index in [9.17, 15) is 0 Å². The molecule has 0 amide bonds. The molecule has 1 aliphatic rings. The average Bonchev–Trinajstić information content (AvgIpc) is 2.19. The van der Waals surface area contributed by atoms with Crippen molar-refractivity contribution in [3.05, 3.63) is 11.6 Å². The Balaban J connectivity index is 2.10. The van der Waals surface area contributed by atoms with E-state index in [4.69, 9.17) is 16.3 Å². The number of hydrogen-bond donors (Lipinski definition) is 1. The van der Waals surface area contributed by atoms with Crippen LogP contribution in [0.3, 0.4) is 0 Å². The summed E-state index contributed by atoms with van der Waals surface area (Å²) in [7, 11) is 2.03. The molecule has 0 aromatic heterocycles. The molecular formula is C10H18ClNO. The van der Waals surface area contributed by atoms with Crippen LogP contribution in [0.5, 0.6) is 0 Å². The smallest absolute Gasteiger partial charge is 0.0662 e. The summed E-state index contributed by atoms with van der Waals surface area (Å²) >= 11 is 5.39. The summed E-state index contributed by atoms with van der Waals surface area (Å²) in [5.74, 6) is 0. The Morgan fingerprint density at radius 2 is 2.08 bits per heavy atom. The second-order valence-electron chi connectivity index (χ2n) is 3.46. The van der Waals surface area contributed by atoms with Crippen LogP contribution in [0.25, 0.3) is 0 Å². The van der Waals surface area contributed by atoms with Gasteiger partial charge in [0.05, 0.1) is 12.7 Å². The van der Waals surface area contributed by atoms with Crippen molar-refractivity contribution in [2.24, 2.45) is 0 Å². The molecule has 0 spiro atoms. The second-order valence-corrected chi connectivity index (χ2v) is 3.71. The number of hydrogen-bond acceptors (Lipinski definition) is 2. The van der Waals surface area contributed by atoms with E-state index in [0.29, 0.717) is 18.8 Å². The lowest BCUT2D eigenvalue weighted by molar-refractivity contribution is 0.0404. The fraction of sp³-hybridized carbons (Fsp3) is 0.800. The lowest BCUT2D eigenvalue weighted by Crippen LogP contribution is -2.32. The Labute approximate surface area is 85.3 Å². The van der Waals surface area contributed by atoms with Gasteiger partial charge in [0.25, 0.3) is 0 Å². The predicted molar refractivity (Wildman–Crippen MR) is 56.0 cm³/mol. The summed E-state index contributed by atoms with van der Waals surface area (Å²) in [6.07, 6.45) is 7.07. The van der Waals surface area contributed by atoms with Crippen LogP contribution >= 0.6 is 11.6 Å². The molecule has 1 aliphatic carbocycles. The van der Waals surface area contributed by atoms with Gasteiger partial charge in [0.15, 0.2) is 0 Å². The SMILES string of the molecule is CNC1CCC(OC/C=C/Cl)CC1. The van der Waals surface area contributed by atoms with Crippen LogP contribution in [0.1, 0.15) is 25.7 Å². The summed E-state index contributed by atoms with van der Waals surface area (Å²) in [5.41, 5.74) is 1.51. The molecule has 3 heteroatoms. The van der Waals surface area contributed by atoms with Crippen molar-refractivity contribution in [2.75, 3.05) is 13.7 Å². The van der Waals surface area contributed by atoms with E-state index >= 15 is 0 Å². The van der Waals surface area contributed by atoms with Gasteiger partial charge < -0.3 is 10.1 Å². The van der Waals surface area contributed by atoms with Crippen molar-refractivity contribution in [2.45, 2.75) is 37.8 Å². The largest absolute Gasteiger partial charge is 0.374 e. The first kappa shape index (κ1) is 11.0. The van der Waals surface area contributed by atoms with E-state index in [1.54, 1.807) is 0 Å². The summed E-state index contributed by atoms with van der Waals surface area (Å²) < 4.78 is 5.62. The summed E-state index contributed by atoms with van der Waals surface area (Å²) in [4.78, 5) is 0. The molecule has 0 radical (unpaired) electrons. The molecule has 1 rings (SSSR count). The third-order valence-corrected chi connectivity index (χ3v) is 2.78. The molecule has 0 bridgehead atoms. The highest BCUT2D eigenvalue weighted by atomic mass is 35.5. The molecule has 1 fully saturated rings. The maximum absolute atomic E-state index is 5.62. The normalized spacial score (nSPS) is 29.7. The zero-order chi connectivity index (χ0) is 9.52. The van der Waals surface area contributed by atoms with Crippen LogP contribution in [0, 0.1) is 0 Å². The van der Waals surface area contributed by atoms with Gasteiger partial charge in [0.1, 0.15) is 0 Å². The van der Waals surface area contributed by atoms with E-state index in [0.717, 1.165) is 0 Å². The van der Waals surface area contributed by atoms with Gasteiger partial charge in [-0.3, -0.25) is 0 Å². The Morgan fingerprint density at radius 3 is 2.62 bits per heavy atom. The minimum absolute atomic E-state index is 0.442. The molecule has 13 heavy (non-hydrogen) atoms. The standard InChI is InChI=1S/C10H18ClNO/c1-12-9-3-5-10(6-4-9)13-8-2-7-11/h2,7,9-10,12H,3-6,8H2,1H3/b7-2+. The van der Waals surface area contributed by atoms with Crippen LogP contribution in [0.15, 0.2) is 11.6 Å². The lowest BCUT2D eigenvalue weighted by atomic mass is 9.93. The zero-order valence-electron chi connectivity index (χ0n) is 8.13. The first-order chi connectivity index (χ1) is 6.36. The van der Waals surface area contributed by atoms with Gasteiger partial charge >= 0.3 is 0 Å². The molecule has 0 unspecified atom stereocenters. The van der Waals surface area contributed by atoms with E-state index in [2.05, 4.69) is 5.32 Å². The molecule has 2 nitrogen and oxygen atoms in total. The van der Waals surface area contributed by atoms with Crippen molar-refractivity contribution in [3.8, 4) is 0 Å². The Kier molecular flexibility index (Phi) is 5.44. The Bertz CT molecular complexity index is 153. The highest BCUT2D eigenvalue weighted by molar-refractivity contribution is 6.25. The number of nitrogens with one attached hydrogen (secondary N) is 1. The minimum atomic E-state index is 0.442. The fourth-order valence-corrected chi connectivity index (χ4v) is 1.82. The minimum Gasteiger partial charge on any atom is -0.374 e. The van der Waals surface area contributed by atoms with E-state index in [-0.39, 0.29) is 0 Å². The molecule has 0 aromatic carbocycles. The third-order valence-electron chi connectivity index (χ3n) is 2.60. The Hall–Kier alpha value is -0.0500. The molecule has 0 aromatic rings. The first-order valence-electron chi connectivity index (χ1n) is 4.91. The third kappa shape index (κ3) is 4.12. The molecule has 1 saturated carbocycles. The van der Waals surface area contributed by atoms with Gasteiger partial charge in [-0.15, -0.1) is 0 Å². The van der Waals surface area contributed by atoms with Crippen molar-refractivity contribution < 1.29 is 4.74 Å². The van der Waals surface area contributed by atoms with Crippen LogP contribution < -0.4 is 5.32 Å². The van der Waals surface area contributed by atoms with E-state index in [1.807, 2.05) is 13.1 Å². The maximum atomic E-state index is 5.62. The number of rotatable bonds is 4. The van der Waals surface area contributed by atoms with Gasteiger partial charge in [-0.25, -0.2) is 0 Å². The monoisotopic (exact) mass is 203 g/mol. The summed E-state index contributed by atoms with van der Waals surface area (Å²) in [6, 6.07) is 0.698. The highest BCUT2D eigenvalue weighted by Crippen LogP contribution is 2.20. The maximum Gasteiger partial charge on any atom is 0.0662 e. The van der Waals surface area contributed by atoms with Gasteiger partial charge in [-0.1, -0.05) is 11.6 Å². The molecule has 0 heterocycles. The van der Waals surface area contributed by atoms with Crippen molar-refractivity contribution >= 4 is 11.6 Å². The first-order valence-corrected chi connectivity index (χ1v) is 5.34. The Morgan fingerprint density at radius 1 is 1.38 bits per heavy atom. The number of ether oxygens (including phenoxy) is 1. The van der Waals surface area contributed by atoms with Crippen molar-refractivity contribution in [1.29, 1.82) is 0 Å².